The Labute approximate surface area is 104 Å². The molecule has 0 aliphatic heterocycles. The summed E-state index contributed by atoms with van der Waals surface area (Å²) in [5.74, 6) is 0.759. The Bertz CT molecular complexity index is 564. The quantitative estimate of drug-likeness (QED) is 0.827. The van der Waals surface area contributed by atoms with Gasteiger partial charge in [0.1, 0.15) is 16.4 Å². The molecular weight excluding hydrogens is 236 g/mol. The number of hydrogen-bond donors (Lipinski definition) is 1. The summed E-state index contributed by atoms with van der Waals surface area (Å²) in [6.45, 7) is 1.87. The predicted octanol–water partition coefficient (Wildman–Crippen LogP) is 1.22. The Morgan fingerprint density at radius 1 is 1.47 bits per heavy atom. The number of rotatable bonds is 3. The van der Waals surface area contributed by atoms with Crippen LogP contribution in [0.5, 0.6) is 5.75 Å². The van der Waals surface area contributed by atoms with Crippen LogP contribution in [0.1, 0.15) is 11.4 Å². The van der Waals surface area contributed by atoms with Crippen LogP contribution in [0.4, 0.5) is 0 Å². The molecule has 1 aromatic carbocycles. The Kier molecular flexibility index (Phi) is 3.06. The molecule has 0 saturated carbocycles. The molecule has 0 aliphatic rings. The SMILES string of the molecule is COc1cccc(-n2nnc(C(N)=S)c2C)c1. The zero-order valence-corrected chi connectivity index (χ0v) is 10.4. The van der Waals surface area contributed by atoms with Gasteiger partial charge in [0.25, 0.3) is 0 Å². The minimum absolute atomic E-state index is 0.247. The largest absolute Gasteiger partial charge is 0.497 e. The molecule has 2 N–H and O–H groups in total. The molecule has 1 heterocycles. The number of methoxy groups -OCH3 is 1. The van der Waals surface area contributed by atoms with E-state index >= 15 is 0 Å². The van der Waals surface area contributed by atoms with Gasteiger partial charge in [-0.3, -0.25) is 0 Å². The first-order chi connectivity index (χ1) is 8.13. The third-order valence-corrected chi connectivity index (χ3v) is 2.62. The van der Waals surface area contributed by atoms with Crippen molar-refractivity contribution in [1.29, 1.82) is 0 Å². The highest BCUT2D eigenvalue weighted by Gasteiger charge is 2.12. The van der Waals surface area contributed by atoms with E-state index in [0.717, 1.165) is 17.1 Å². The zero-order chi connectivity index (χ0) is 12.4. The van der Waals surface area contributed by atoms with Crippen molar-refractivity contribution in [2.45, 2.75) is 6.92 Å². The monoisotopic (exact) mass is 248 g/mol. The molecule has 2 rings (SSSR count). The van der Waals surface area contributed by atoms with Crippen molar-refractivity contribution in [1.82, 2.24) is 15.0 Å². The molecule has 1 aromatic heterocycles. The Balaban J connectivity index is 2.49. The number of thiocarbonyl (C=S) groups is 1. The predicted molar refractivity (Wildman–Crippen MR) is 68.5 cm³/mol. The highest BCUT2D eigenvalue weighted by Crippen LogP contribution is 2.17. The number of hydrogen-bond acceptors (Lipinski definition) is 4. The van der Waals surface area contributed by atoms with E-state index in [9.17, 15) is 0 Å². The Hall–Kier alpha value is -1.95. The van der Waals surface area contributed by atoms with Crippen LogP contribution < -0.4 is 10.5 Å². The molecule has 17 heavy (non-hydrogen) atoms. The minimum Gasteiger partial charge on any atom is -0.497 e. The van der Waals surface area contributed by atoms with E-state index < -0.39 is 0 Å². The third kappa shape index (κ3) is 2.12. The Morgan fingerprint density at radius 2 is 2.24 bits per heavy atom. The summed E-state index contributed by atoms with van der Waals surface area (Å²) in [6.07, 6.45) is 0. The molecule has 0 spiro atoms. The summed E-state index contributed by atoms with van der Waals surface area (Å²) in [5.41, 5.74) is 7.77. The van der Waals surface area contributed by atoms with E-state index in [4.69, 9.17) is 22.7 Å². The lowest BCUT2D eigenvalue weighted by molar-refractivity contribution is 0.414. The first kappa shape index (κ1) is 11.5. The van der Waals surface area contributed by atoms with E-state index in [1.165, 1.54) is 0 Å². The van der Waals surface area contributed by atoms with Gasteiger partial charge in [0.2, 0.25) is 0 Å². The van der Waals surface area contributed by atoms with Gasteiger partial charge in [-0.1, -0.05) is 23.5 Å². The molecule has 0 bridgehead atoms. The topological polar surface area (TPSA) is 66.0 Å². The number of ether oxygens (including phenoxy) is 1. The number of nitrogens with zero attached hydrogens (tertiary/aromatic N) is 3. The summed E-state index contributed by atoms with van der Waals surface area (Å²) in [5, 5.41) is 7.98. The minimum atomic E-state index is 0.247. The van der Waals surface area contributed by atoms with Crippen molar-refractivity contribution >= 4 is 17.2 Å². The lowest BCUT2D eigenvalue weighted by atomic mass is 10.3. The Morgan fingerprint density at radius 3 is 2.82 bits per heavy atom. The fourth-order valence-corrected chi connectivity index (χ4v) is 1.73. The first-order valence-corrected chi connectivity index (χ1v) is 5.41. The van der Waals surface area contributed by atoms with Crippen LogP contribution in [-0.4, -0.2) is 27.1 Å². The van der Waals surface area contributed by atoms with Crippen LogP contribution in [0.15, 0.2) is 24.3 Å². The number of aromatic nitrogens is 3. The van der Waals surface area contributed by atoms with E-state index in [1.54, 1.807) is 11.8 Å². The standard InChI is InChI=1S/C11H12N4OS/c1-7-10(11(12)17)13-14-15(7)8-4-3-5-9(6-8)16-2/h3-6H,1-2H3,(H2,12,17). The average molecular weight is 248 g/mol. The van der Waals surface area contributed by atoms with Crippen LogP contribution in [0.25, 0.3) is 5.69 Å². The van der Waals surface area contributed by atoms with Crippen molar-refractivity contribution in [2.24, 2.45) is 5.73 Å². The molecule has 2 aromatic rings. The van der Waals surface area contributed by atoms with Gasteiger partial charge in [0, 0.05) is 6.07 Å². The fourth-order valence-electron chi connectivity index (χ4n) is 1.54. The lowest BCUT2D eigenvalue weighted by Crippen LogP contribution is -2.12. The summed E-state index contributed by atoms with van der Waals surface area (Å²) in [4.78, 5) is 0.247. The van der Waals surface area contributed by atoms with E-state index in [0.29, 0.717) is 5.69 Å². The van der Waals surface area contributed by atoms with Gasteiger partial charge in [0.05, 0.1) is 18.5 Å². The molecule has 0 unspecified atom stereocenters. The van der Waals surface area contributed by atoms with Crippen LogP contribution in [0.2, 0.25) is 0 Å². The summed E-state index contributed by atoms with van der Waals surface area (Å²) < 4.78 is 6.84. The maximum atomic E-state index is 5.55. The summed E-state index contributed by atoms with van der Waals surface area (Å²) in [7, 11) is 1.62. The molecule has 5 nitrogen and oxygen atoms in total. The second kappa shape index (κ2) is 4.50. The molecule has 0 atom stereocenters. The van der Waals surface area contributed by atoms with Crippen molar-refractivity contribution < 1.29 is 4.74 Å². The lowest BCUT2D eigenvalue weighted by Gasteiger charge is -2.05. The van der Waals surface area contributed by atoms with Gasteiger partial charge in [-0.2, -0.15) is 0 Å². The fraction of sp³-hybridized carbons (Fsp3) is 0.182. The molecule has 0 aliphatic carbocycles. The summed E-state index contributed by atoms with van der Waals surface area (Å²) in [6, 6.07) is 7.53. The zero-order valence-electron chi connectivity index (χ0n) is 9.54. The molecule has 88 valence electrons. The van der Waals surface area contributed by atoms with Crippen molar-refractivity contribution in [3.63, 3.8) is 0 Å². The van der Waals surface area contributed by atoms with Gasteiger partial charge < -0.3 is 10.5 Å². The highest BCUT2D eigenvalue weighted by molar-refractivity contribution is 7.80. The van der Waals surface area contributed by atoms with Crippen molar-refractivity contribution in [2.75, 3.05) is 7.11 Å². The van der Waals surface area contributed by atoms with Gasteiger partial charge in [-0.15, -0.1) is 5.10 Å². The second-order valence-corrected chi connectivity index (χ2v) is 3.94. The molecule has 0 fully saturated rings. The maximum Gasteiger partial charge on any atom is 0.143 e. The van der Waals surface area contributed by atoms with E-state index in [1.807, 2.05) is 31.2 Å². The average Bonchev–Trinajstić information content (AvgIpc) is 2.71. The van der Waals surface area contributed by atoms with Gasteiger partial charge in [0.15, 0.2) is 0 Å². The summed E-state index contributed by atoms with van der Waals surface area (Å²) >= 11 is 4.90. The second-order valence-electron chi connectivity index (χ2n) is 3.50. The van der Waals surface area contributed by atoms with E-state index in [2.05, 4.69) is 10.3 Å². The highest BCUT2D eigenvalue weighted by atomic mass is 32.1. The van der Waals surface area contributed by atoms with Crippen molar-refractivity contribution in [3.8, 4) is 11.4 Å². The number of benzene rings is 1. The number of nitrogens with two attached hydrogens (primary N) is 1. The first-order valence-electron chi connectivity index (χ1n) is 5.00. The van der Waals surface area contributed by atoms with Crippen LogP contribution in [-0.2, 0) is 0 Å². The molecule has 0 amide bonds. The molecular formula is C11H12N4OS. The molecule has 0 saturated heterocycles. The smallest absolute Gasteiger partial charge is 0.143 e. The van der Waals surface area contributed by atoms with Crippen LogP contribution >= 0.6 is 12.2 Å². The van der Waals surface area contributed by atoms with Gasteiger partial charge in [-0.25, -0.2) is 4.68 Å². The van der Waals surface area contributed by atoms with Crippen molar-refractivity contribution in [3.05, 3.63) is 35.7 Å². The van der Waals surface area contributed by atoms with E-state index in [-0.39, 0.29) is 4.99 Å². The third-order valence-electron chi connectivity index (χ3n) is 2.43. The van der Waals surface area contributed by atoms with Gasteiger partial charge in [-0.05, 0) is 19.1 Å². The van der Waals surface area contributed by atoms with Crippen LogP contribution in [0.3, 0.4) is 0 Å². The molecule has 0 radical (unpaired) electrons. The molecule has 6 heteroatoms. The van der Waals surface area contributed by atoms with Crippen LogP contribution in [0, 0.1) is 6.92 Å². The normalized spacial score (nSPS) is 10.2. The van der Waals surface area contributed by atoms with Gasteiger partial charge >= 0.3 is 0 Å². The maximum absolute atomic E-state index is 5.55.